The number of nitrogens with zero attached hydrogens (tertiary/aromatic N) is 1. The van der Waals surface area contributed by atoms with Crippen LogP contribution in [0.5, 0.6) is 5.88 Å². The third-order valence-corrected chi connectivity index (χ3v) is 4.40. The molecule has 126 valence electrons. The summed E-state index contributed by atoms with van der Waals surface area (Å²) in [6.45, 7) is 3.42. The molecular weight excluding hydrogens is 320 g/mol. The summed E-state index contributed by atoms with van der Waals surface area (Å²) in [4.78, 5) is 16.4. The summed E-state index contributed by atoms with van der Waals surface area (Å²) < 4.78 is 16.2. The molecule has 0 aromatic carbocycles. The van der Waals surface area contributed by atoms with E-state index < -0.39 is 0 Å². The van der Waals surface area contributed by atoms with Crippen LogP contribution in [0, 0.1) is 5.92 Å². The van der Waals surface area contributed by atoms with Crippen LogP contribution in [-0.2, 0) is 9.47 Å². The highest BCUT2D eigenvalue weighted by molar-refractivity contribution is 6.32. The van der Waals surface area contributed by atoms with Crippen molar-refractivity contribution in [1.29, 1.82) is 0 Å². The highest BCUT2D eigenvalue weighted by Crippen LogP contribution is 2.25. The minimum absolute atomic E-state index is 0.0202. The fourth-order valence-corrected chi connectivity index (χ4v) is 2.90. The van der Waals surface area contributed by atoms with Gasteiger partial charge in [0.25, 0.3) is 5.91 Å². The van der Waals surface area contributed by atoms with Gasteiger partial charge in [0.1, 0.15) is 11.1 Å². The number of hydrogen-bond donors (Lipinski definition) is 1. The maximum atomic E-state index is 12.2. The number of hydrogen-bond acceptors (Lipinski definition) is 5. The SMILES string of the molecule is O=C(NCC1CCOCC1)c1cnc(OC2CCOC2)c(Cl)c1. The van der Waals surface area contributed by atoms with Crippen LogP contribution in [0.15, 0.2) is 12.3 Å². The lowest BCUT2D eigenvalue weighted by Gasteiger charge is -2.22. The van der Waals surface area contributed by atoms with Crippen molar-refractivity contribution in [3.8, 4) is 5.88 Å². The first kappa shape index (κ1) is 16.5. The number of aromatic nitrogens is 1. The van der Waals surface area contributed by atoms with Crippen LogP contribution in [0.4, 0.5) is 0 Å². The van der Waals surface area contributed by atoms with E-state index in [2.05, 4.69) is 10.3 Å². The molecule has 7 heteroatoms. The van der Waals surface area contributed by atoms with Crippen molar-refractivity contribution in [1.82, 2.24) is 10.3 Å². The third kappa shape index (κ3) is 4.56. The monoisotopic (exact) mass is 340 g/mol. The molecule has 2 aliphatic rings. The van der Waals surface area contributed by atoms with Gasteiger partial charge >= 0.3 is 0 Å². The number of halogens is 1. The molecule has 1 atom stereocenters. The van der Waals surface area contributed by atoms with Gasteiger partial charge in [-0.2, -0.15) is 0 Å². The van der Waals surface area contributed by atoms with Crippen molar-refractivity contribution in [3.63, 3.8) is 0 Å². The van der Waals surface area contributed by atoms with E-state index in [0.29, 0.717) is 42.1 Å². The molecule has 0 bridgehead atoms. The van der Waals surface area contributed by atoms with Gasteiger partial charge in [-0.15, -0.1) is 0 Å². The first-order chi connectivity index (χ1) is 11.2. The summed E-state index contributed by atoms with van der Waals surface area (Å²) >= 11 is 6.18. The van der Waals surface area contributed by atoms with E-state index in [0.717, 1.165) is 32.5 Å². The van der Waals surface area contributed by atoms with Gasteiger partial charge in [0.15, 0.2) is 0 Å². The minimum atomic E-state index is -0.165. The van der Waals surface area contributed by atoms with Gasteiger partial charge in [-0.05, 0) is 24.8 Å². The lowest BCUT2D eigenvalue weighted by Crippen LogP contribution is -2.32. The van der Waals surface area contributed by atoms with Gasteiger partial charge in [-0.3, -0.25) is 4.79 Å². The molecule has 2 fully saturated rings. The molecule has 0 saturated carbocycles. The highest BCUT2D eigenvalue weighted by Gasteiger charge is 2.20. The first-order valence-electron chi connectivity index (χ1n) is 7.98. The fraction of sp³-hybridized carbons (Fsp3) is 0.625. The average molecular weight is 341 g/mol. The minimum Gasteiger partial charge on any atom is -0.471 e. The van der Waals surface area contributed by atoms with Crippen LogP contribution in [0.25, 0.3) is 0 Å². The summed E-state index contributed by atoms with van der Waals surface area (Å²) in [7, 11) is 0. The molecule has 3 rings (SSSR count). The molecule has 0 radical (unpaired) electrons. The van der Waals surface area contributed by atoms with Gasteiger partial charge in [-0.1, -0.05) is 11.6 Å². The largest absolute Gasteiger partial charge is 0.471 e. The Bertz CT molecular complexity index is 543. The zero-order valence-electron chi connectivity index (χ0n) is 12.9. The summed E-state index contributed by atoms with van der Waals surface area (Å²) in [5.41, 5.74) is 0.442. The van der Waals surface area contributed by atoms with E-state index >= 15 is 0 Å². The third-order valence-electron chi connectivity index (χ3n) is 4.13. The van der Waals surface area contributed by atoms with Crippen LogP contribution in [0.2, 0.25) is 5.02 Å². The van der Waals surface area contributed by atoms with Crippen LogP contribution < -0.4 is 10.1 Å². The second-order valence-corrected chi connectivity index (χ2v) is 6.29. The Morgan fingerprint density at radius 3 is 2.78 bits per heavy atom. The molecule has 0 spiro atoms. The number of rotatable bonds is 5. The molecule has 3 heterocycles. The normalized spacial score (nSPS) is 22.0. The van der Waals surface area contributed by atoms with E-state index in [1.54, 1.807) is 6.07 Å². The van der Waals surface area contributed by atoms with E-state index in [-0.39, 0.29) is 12.0 Å². The van der Waals surface area contributed by atoms with E-state index in [4.69, 9.17) is 25.8 Å². The summed E-state index contributed by atoms with van der Waals surface area (Å²) in [5, 5.41) is 3.28. The number of nitrogens with one attached hydrogen (secondary N) is 1. The highest BCUT2D eigenvalue weighted by atomic mass is 35.5. The predicted molar refractivity (Wildman–Crippen MR) is 85.0 cm³/mol. The van der Waals surface area contributed by atoms with Gasteiger partial charge < -0.3 is 19.5 Å². The van der Waals surface area contributed by atoms with Gasteiger partial charge in [0.05, 0.1) is 18.8 Å². The zero-order valence-corrected chi connectivity index (χ0v) is 13.7. The number of amides is 1. The van der Waals surface area contributed by atoms with Crippen molar-refractivity contribution in [2.75, 3.05) is 33.0 Å². The average Bonchev–Trinajstić information content (AvgIpc) is 3.08. The first-order valence-corrected chi connectivity index (χ1v) is 8.36. The van der Waals surface area contributed by atoms with E-state index in [1.807, 2.05) is 0 Å². The van der Waals surface area contributed by atoms with Crippen molar-refractivity contribution in [2.45, 2.75) is 25.4 Å². The molecule has 2 saturated heterocycles. The Morgan fingerprint density at radius 2 is 2.09 bits per heavy atom. The van der Waals surface area contributed by atoms with Gasteiger partial charge in [0.2, 0.25) is 5.88 Å². The summed E-state index contributed by atoms with van der Waals surface area (Å²) in [6.07, 6.45) is 4.26. The predicted octanol–water partition coefficient (Wildman–Crippen LogP) is 2.06. The van der Waals surface area contributed by atoms with Crippen LogP contribution >= 0.6 is 11.6 Å². The summed E-state index contributed by atoms with van der Waals surface area (Å²) in [6, 6.07) is 1.60. The summed E-state index contributed by atoms with van der Waals surface area (Å²) in [5.74, 6) is 0.658. The Hall–Kier alpha value is -1.37. The molecule has 1 amide bonds. The molecular formula is C16H21ClN2O4. The van der Waals surface area contributed by atoms with Crippen molar-refractivity contribution >= 4 is 17.5 Å². The molecule has 0 aliphatic carbocycles. The molecule has 6 nitrogen and oxygen atoms in total. The molecule has 1 unspecified atom stereocenters. The Labute approximate surface area is 140 Å². The Morgan fingerprint density at radius 1 is 1.30 bits per heavy atom. The van der Waals surface area contributed by atoms with Crippen molar-refractivity contribution in [2.24, 2.45) is 5.92 Å². The number of ether oxygens (including phenoxy) is 3. The molecule has 2 aliphatic heterocycles. The van der Waals surface area contributed by atoms with Crippen LogP contribution in [0.3, 0.4) is 0 Å². The maximum absolute atomic E-state index is 12.2. The zero-order chi connectivity index (χ0) is 16.1. The molecule has 23 heavy (non-hydrogen) atoms. The van der Waals surface area contributed by atoms with Crippen LogP contribution in [-0.4, -0.2) is 50.0 Å². The Balaban J connectivity index is 1.54. The topological polar surface area (TPSA) is 69.7 Å². The van der Waals surface area contributed by atoms with Gasteiger partial charge in [-0.25, -0.2) is 4.98 Å². The van der Waals surface area contributed by atoms with E-state index in [9.17, 15) is 4.79 Å². The van der Waals surface area contributed by atoms with Crippen LogP contribution in [0.1, 0.15) is 29.6 Å². The number of carbonyl (C=O) groups is 1. The second kappa shape index (κ2) is 7.95. The smallest absolute Gasteiger partial charge is 0.252 e. The van der Waals surface area contributed by atoms with Crippen molar-refractivity contribution in [3.05, 3.63) is 22.8 Å². The van der Waals surface area contributed by atoms with E-state index in [1.165, 1.54) is 6.20 Å². The number of pyridine rings is 1. The second-order valence-electron chi connectivity index (χ2n) is 5.88. The van der Waals surface area contributed by atoms with Gasteiger partial charge in [0, 0.05) is 32.4 Å². The molecule has 1 N–H and O–H groups in total. The quantitative estimate of drug-likeness (QED) is 0.888. The standard InChI is InChI=1S/C16H21ClN2O4/c17-14-7-12(9-19-16(14)23-13-3-6-22-10-13)15(20)18-8-11-1-4-21-5-2-11/h7,9,11,13H,1-6,8,10H2,(H,18,20). The Kier molecular flexibility index (Phi) is 5.70. The van der Waals surface area contributed by atoms with Crippen molar-refractivity contribution < 1.29 is 19.0 Å². The maximum Gasteiger partial charge on any atom is 0.252 e. The fourth-order valence-electron chi connectivity index (χ4n) is 2.69. The lowest BCUT2D eigenvalue weighted by atomic mass is 10.0. The molecule has 1 aromatic heterocycles. The number of carbonyl (C=O) groups excluding carboxylic acids is 1. The molecule has 1 aromatic rings. The lowest BCUT2D eigenvalue weighted by molar-refractivity contribution is 0.0642.